The lowest BCUT2D eigenvalue weighted by Gasteiger charge is -2.29. The van der Waals surface area contributed by atoms with Crippen LogP contribution in [0.5, 0.6) is 0 Å². The van der Waals surface area contributed by atoms with Crippen molar-refractivity contribution < 1.29 is 19.2 Å². The average Bonchev–Trinajstić information content (AvgIpc) is 3.83. The Kier molecular flexibility index (Phi) is 7.09. The van der Waals surface area contributed by atoms with E-state index < -0.39 is 0 Å². The topological polar surface area (TPSA) is 78.0 Å². The van der Waals surface area contributed by atoms with Crippen molar-refractivity contribution in [2.75, 3.05) is 22.9 Å². The predicted octanol–water partition coefficient (Wildman–Crippen LogP) is 6.30. The van der Waals surface area contributed by atoms with Gasteiger partial charge in [-0.15, -0.1) is 0 Å². The van der Waals surface area contributed by atoms with Crippen molar-refractivity contribution in [3.8, 4) is 0 Å². The van der Waals surface area contributed by atoms with Crippen molar-refractivity contribution in [2.45, 2.75) is 63.2 Å². The molecule has 7 aliphatic rings. The summed E-state index contributed by atoms with van der Waals surface area (Å²) in [6, 6.07) is 14.8. The maximum absolute atomic E-state index is 12.3. The van der Waals surface area contributed by atoms with Gasteiger partial charge in [0.15, 0.2) is 0 Å². The van der Waals surface area contributed by atoms with E-state index in [1.807, 2.05) is 4.90 Å². The number of carbonyl (C=O) groups is 4. The lowest BCUT2D eigenvalue weighted by atomic mass is 10.0. The van der Waals surface area contributed by atoms with E-state index in [1.165, 1.54) is 35.3 Å². The number of hydrogen-bond acceptors (Lipinski definition) is 4. The minimum atomic E-state index is -0.144. The number of benzene rings is 2. The van der Waals surface area contributed by atoms with Crippen LogP contribution in [0.2, 0.25) is 0 Å². The third-order valence-corrected chi connectivity index (χ3v) is 10.6. The van der Waals surface area contributed by atoms with Crippen molar-refractivity contribution in [3.63, 3.8) is 0 Å². The van der Waals surface area contributed by atoms with Gasteiger partial charge >= 0.3 is 0 Å². The molecular weight excluding hydrogens is 650 g/mol. The van der Waals surface area contributed by atoms with Crippen LogP contribution in [0.1, 0.15) is 74.3 Å². The number of halogens is 2. The Morgan fingerprint density at radius 3 is 1.73 bits per heavy atom. The predicted molar refractivity (Wildman–Crippen MR) is 162 cm³/mol. The Hall–Kier alpha value is -2.52. The molecular formula is C32H33Br2N3O4. The zero-order valence-corrected chi connectivity index (χ0v) is 26.0. The van der Waals surface area contributed by atoms with E-state index in [0.29, 0.717) is 42.4 Å². The first-order valence-corrected chi connectivity index (χ1v) is 16.3. The van der Waals surface area contributed by atoms with Gasteiger partial charge in [-0.05, 0) is 97.6 Å². The number of amides is 4. The maximum atomic E-state index is 12.3. The zero-order valence-electron chi connectivity index (χ0n) is 22.8. The molecule has 9 heteroatoms. The number of fused-ring (bicyclic) bond motifs is 6. The van der Waals surface area contributed by atoms with Crippen molar-refractivity contribution in [1.82, 2.24) is 3.93 Å². The highest BCUT2D eigenvalue weighted by Gasteiger charge is 2.49. The van der Waals surface area contributed by atoms with E-state index >= 15 is 0 Å². The first-order valence-electron chi connectivity index (χ1n) is 14.8. The van der Waals surface area contributed by atoms with Gasteiger partial charge in [-0.3, -0.25) is 19.2 Å². The number of nitrogens with zero attached hydrogens (tertiary/aromatic N) is 3. The van der Waals surface area contributed by atoms with Gasteiger partial charge in [0.1, 0.15) is 0 Å². The molecule has 9 rings (SSSR count). The summed E-state index contributed by atoms with van der Waals surface area (Å²) < 4.78 is 2.11. The van der Waals surface area contributed by atoms with Gasteiger partial charge in [0, 0.05) is 53.6 Å². The molecule has 2 aromatic rings. The van der Waals surface area contributed by atoms with Crippen LogP contribution in [0, 0.1) is 23.7 Å². The molecule has 0 bridgehead atoms. The number of carbonyl (C=O) groups excluding carboxylic acids is 4. The van der Waals surface area contributed by atoms with Crippen LogP contribution in [-0.4, -0.2) is 40.6 Å². The summed E-state index contributed by atoms with van der Waals surface area (Å²) in [4.78, 5) is 49.5. The van der Waals surface area contributed by atoms with Crippen LogP contribution in [0.3, 0.4) is 0 Å². The fraction of sp³-hybridized carbons (Fsp3) is 0.500. The van der Waals surface area contributed by atoms with Crippen molar-refractivity contribution in [3.05, 3.63) is 58.1 Å². The van der Waals surface area contributed by atoms with Crippen LogP contribution in [0.4, 0.5) is 11.4 Å². The summed E-state index contributed by atoms with van der Waals surface area (Å²) in [5, 5.41) is 0. The molecule has 4 amide bonds. The van der Waals surface area contributed by atoms with Crippen molar-refractivity contribution >= 4 is 67.1 Å². The summed E-state index contributed by atoms with van der Waals surface area (Å²) in [7, 11) is 0. The number of para-hydroxylation sites is 1. The molecule has 0 N–H and O–H groups in total. The molecule has 41 heavy (non-hydrogen) atoms. The summed E-state index contributed by atoms with van der Waals surface area (Å²) in [6.45, 7) is 1.92. The molecule has 4 aliphatic carbocycles. The third kappa shape index (κ3) is 5.52. The van der Waals surface area contributed by atoms with Crippen LogP contribution in [0.25, 0.3) is 0 Å². The van der Waals surface area contributed by atoms with Crippen LogP contribution < -0.4 is 9.80 Å². The third-order valence-electron chi connectivity index (χ3n) is 9.36. The van der Waals surface area contributed by atoms with Crippen LogP contribution in [-0.2, 0) is 19.2 Å². The molecule has 0 spiro atoms. The molecule has 214 valence electrons. The van der Waals surface area contributed by atoms with E-state index in [-0.39, 0.29) is 11.8 Å². The second-order valence-electron chi connectivity index (χ2n) is 12.5. The second kappa shape index (κ2) is 10.6. The number of hydrogen-bond donors (Lipinski definition) is 0. The van der Waals surface area contributed by atoms with Gasteiger partial charge in [0.2, 0.25) is 23.6 Å². The average molecular weight is 683 g/mol. The highest BCUT2D eigenvalue weighted by Crippen LogP contribution is 2.56. The first kappa shape index (κ1) is 27.3. The van der Waals surface area contributed by atoms with Crippen LogP contribution in [0.15, 0.2) is 46.9 Å². The molecule has 0 aromatic heterocycles. The molecule has 5 fully saturated rings. The molecule has 7 nitrogen and oxygen atoms in total. The van der Waals surface area contributed by atoms with Crippen molar-refractivity contribution in [2.24, 2.45) is 23.7 Å². The van der Waals surface area contributed by atoms with Gasteiger partial charge in [0.05, 0.1) is 16.1 Å². The van der Waals surface area contributed by atoms with Gasteiger partial charge in [0.25, 0.3) is 0 Å². The van der Waals surface area contributed by atoms with E-state index in [4.69, 9.17) is 0 Å². The fourth-order valence-electron chi connectivity index (χ4n) is 6.51. The fourth-order valence-corrected chi connectivity index (χ4v) is 7.24. The maximum Gasteiger partial charge on any atom is 0.239 e. The Morgan fingerprint density at radius 1 is 0.707 bits per heavy atom. The van der Waals surface area contributed by atoms with E-state index in [2.05, 4.69) is 79.4 Å². The van der Waals surface area contributed by atoms with E-state index in [9.17, 15) is 19.2 Å². The molecule has 3 aliphatic heterocycles. The highest BCUT2D eigenvalue weighted by atomic mass is 79.9. The Labute approximate surface area is 257 Å². The summed E-state index contributed by atoms with van der Waals surface area (Å²) in [5.41, 5.74) is 5.15. The van der Waals surface area contributed by atoms with Gasteiger partial charge < -0.3 is 9.80 Å². The van der Waals surface area contributed by atoms with Gasteiger partial charge in [-0.1, -0.05) is 34.1 Å². The minimum absolute atomic E-state index is 0.144. The lowest BCUT2D eigenvalue weighted by Crippen LogP contribution is -2.36. The summed E-state index contributed by atoms with van der Waals surface area (Å²) in [5.74, 6) is 4.04. The Balaban J connectivity index is 0.000000108. The molecule has 4 unspecified atom stereocenters. The monoisotopic (exact) mass is 681 g/mol. The van der Waals surface area contributed by atoms with Gasteiger partial charge in [-0.25, -0.2) is 3.93 Å². The molecule has 4 saturated carbocycles. The highest BCUT2D eigenvalue weighted by molar-refractivity contribution is 9.10. The number of rotatable bonds is 2. The quantitative estimate of drug-likeness (QED) is 0.275. The first-order chi connectivity index (χ1) is 19.8. The summed E-state index contributed by atoms with van der Waals surface area (Å²) >= 11 is 6.33. The minimum Gasteiger partial charge on any atom is -0.312 e. The Bertz CT molecular complexity index is 1420. The number of imide groups is 1. The molecule has 4 atom stereocenters. The van der Waals surface area contributed by atoms with Crippen LogP contribution >= 0.6 is 32.1 Å². The lowest BCUT2D eigenvalue weighted by molar-refractivity contribution is -0.131. The number of anilines is 2. The standard InChI is InChI=1S/C14H14BrNO.C14H15NO.C4H4BrNO2/c15-10-3-4-13-12(6-10)11-5-9(11)7-16(13)14(17)8-1-2-8;16-14(9-5-6-9)15-8-10-7-12(10)11-3-1-2-4-13(11)15;5-6-3(7)1-2-4(6)8/h3-4,6,8-9,11H,1-2,5,7H2;1-4,9-10,12H,5-8H2;1-2H2. The zero-order chi connectivity index (χ0) is 28.4. The Morgan fingerprint density at radius 2 is 1.22 bits per heavy atom. The molecule has 1 saturated heterocycles. The smallest absolute Gasteiger partial charge is 0.239 e. The molecule has 0 radical (unpaired) electrons. The van der Waals surface area contributed by atoms with E-state index in [1.54, 1.807) is 0 Å². The normalized spacial score (nSPS) is 28.2. The second-order valence-corrected chi connectivity index (χ2v) is 14.1. The molecule has 2 aromatic carbocycles. The summed E-state index contributed by atoms with van der Waals surface area (Å²) in [6.07, 6.45) is 7.64. The largest absolute Gasteiger partial charge is 0.312 e. The van der Waals surface area contributed by atoms with Gasteiger partial charge in [-0.2, -0.15) is 0 Å². The van der Waals surface area contributed by atoms with Crippen molar-refractivity contribution in [1.29, 1.82) is 0 Å². The molecule has 3 heterocycles. The SMILES string of the molecule is O=C(C1CC1)N1CC2CC2c2cc(Br)ccc21.O=C(C1CC1)N1CC2CC2c2ccccc21.O=C1CCC(=O)N1Br. The van der Waals surface area contributed by atoms with E-state index in [0.717, 1.165) is 64.9 Å².